The summed E-state index contributed by atoms with van der Waals surface area (Å²) in [5.74, 6) is 0.568. The number of carbonyl (C=O) groups is 1. The number of carboxylic acid groups (broad SMARTS) is 1. The summed E-state index contributed by atoms with van der Waals surface area (Å²) in [6, 6.07) is 0. The molecule has 0 radical (unpaired) electrons. The van der Waals surface area contributed by atoms with Crippen molar-refractivity contribution in [3.05, 3.63) is 0 Å². The van der Waals surface area contributed by atoms with E-state index in [1.165, 1.54) is 0 Å². The highest BCUT2D eigenvalue weighted by molar-refractivity contribution is 5.56. The van der Waals surface area contributed by atoms with Crippen LogP contribution in [-0.2, 0) is 9.47 Å². The van der Waals surface area contributed by atoms with Gasteiger partial charge >= 0.3 is 6.16 Å². The van der Waals surface area contributed by atoms with Gasteiger partial charge in [0.15, 0.2) is 0 Å². The predicted molar refractivity (Wildman–Crippen MR) is 41.9 cm³/mol. The monoisotopic (exact) mass is 174 g/mol. The van der Waals surface area contributed by atoms with Gasteiger partial charge in [-0.15, -0.1) is 0 Å². The second kappa shape index (κ2) is 4.30. The van der Waals surface area contributed by atoms with Crippen LogP contribution in [0.2, 0.25) is 0 Å². The van der Waals surface area contributed by atoms with Crippen LogP contribution in [0.1, 0.15) is 26.2 Å². The van der Waals surface area contributed by atoms with E-state index in [2.05, 4.69) is 11.7 Å². The summed E-state index contributed by atoms with van der Waals surface area (Å²) < 4.78 is 9.67. The molecule has 1 fully saturated rings. The molecule has 0 spiro atoms. The van der Waals surface area contributed by atoms with E-state index in [9.17, 15) is 4.79 Å². The fourth-order valence-electron chi connectivity index (χ4n) is 1.31. The van der Waals surface area contributed by atoms with E-state index in [-0.39, 0.29) is 0 Å². The summed E-state index contributed by atoms with van der Waals surface area (Å²) in [6.07, 6.45) is 0.972. The number of hydrogen-bond acceptors (Lipinski definition) is 3. The minimum atomic E-state index is -1.25. The van der Waals surface area contributed by atoms with Crippen LogP contribution in [0, 0.1) is 5.92 Å². The molecule has 1 heterocycles. The first kappa shape index (κ1) is 9.32. The molecule has 4 nitrogen and oxygen atoms in total. The van der Waals surface area contributed by atoms with Crippen molar-refractivity contribution in [1.29, 1.82) is 0 Å². The molecule has 2 atom stereocenters. The van der Waals surface area contributed by atoms with Gasteiger partial charge in [0.2, 0.25) is 6.29 Å². The van der Waals surface area contributed by atoms with Crippen molar-refractivity contribution in [3.63, 3.8) is 0 Å². The second-order valence-corrected chi connectivity index (χ2v) is 3.00. The molecular formula is C8H14O4. The van der Waals surface area contributed by atoms with E-state index in [1.54, 1.807) is 0 Å². The van der Waals surface area contributed by atoms with Gasteiger partial charge in [0.1, 0.15) is 0 Å². The minimum Gasteiger partial charge on any atom is -0.450 e. The molecule has 4 heteroatoms. The van der Waals surface area contributed by atoms with Gasteiger partial charge < -0.3 is 14.6 Å². The number of rotatable bonds is 2. The Hall–Kier alpha value is -0.770. The van der Waals surface area contributed by atoms with Gasteiger partial charge in [-0.2, -0.15) is 0 Å². The molecule has 1 N–H and O–H groups in total. The van der Waals surface area contributed by atoms with Crippen LogP contribution in [-0.4, -0.2) is 24.2 Å². The topological polar surface area (TPSA) is 55.8 Å². The average molecular weight is 174 g/mol. The Balaban J connectivity index is 2.21. The highest BCUT2D eigenvalue weighted by Crippen LogP contribution is 2.21. The lowest BCUT2D eigenvalue weighted by atomic mass is 9.99. The molecule has 12 heavy (non-hydrogen) atoms. The zero-order valence-electron chi connectivity index (χ0n) is 7.16. The third-order valence-electron chi connectivity index (χ3n) is 2.14. The van der Waals surface area contributed by atoms with Crippen LogP contribution >= 0.6 is 0 Å². The molecule has 1 aliphatic rings. The highest BCUT2D eigenvalue weighted by atomic mass is 16.8. The van der Waals surface area contributed by atoms with E-state index < -0.39 is 12.4 Å². The summed E-state index contributed by atoms with van der Waals surface area (Å²) in [4.78, 5) is 10.1. The molecule has 0 aromatic rings. The summed E-state index contributed by atoms with van der Waals surface area (Å²) in [5.41, 5.74) is 0. The standard InChI is InChI=1S/C8H14O4/c1-2-6-3-4-7(11-5-6)12-8(9)10/h6-7H,2-5H2,1H3,(H,9,10). The lowest BCUT2D eigenvalue weighted by Gasteiger charge is -2.26. The molecule has 1 aliphatic heterocycles. The molecule has 1 saturated heterocycles. The van der Waals surface area contributed by atoms with E-state index in [4.69, 9.17) is 9.84 Å². The van der Waals surface area contributed by atoms with E-state index in [0.29, 0.717) is 18.9 Å². The van der Waals surface area contributed by atoms with Gasteiger partial charge in [-0.05, 0) is 12.3 Å². The van der Waals surface area contributed by atoms with Crippen LogP contribution in [0.4, 0.5) is 4.79 Å². The smallest absolute Gasteiger partial charge is 0.450 e. The van der Waals surface area contributed by atoms with Crippen LogP contribution in [0.5, 0.6) is 0 Å². The third kappa shape index (κ3) is 2.70. The zero-order chi connectivity index (χ0) is 8.97. The summed E-state index contributed by atoms with van der Waals surface area (Å²) >= 11 is 0. The van der Waals surface area contributed by atoms with E-state index >= 15 is 0 Å². The quantitative estimate of drug-likeness (QED) is 0.649. The van der Waals surface area contributed by atoms with Crippen LogP contribution in [0.3, 0.4) is 0 Å². The Bertz CT molecular complexity index is 149. The number of hydrogen-bond donors (Lipinski definition) is 1. The van der Waals surface area contributed by atoms with Crippen LogP contribution in [0.15, 0.2) is 0 Å². The SMILES string of the molecule is CCC1CCC(OC(=O)O)OC1. The van der Waals surface area contributed by atoms with Crippen LogP contribution < -0.4 is 0 Å². The molecule has 0 aliphatic carbocycles. The van der Waals surface area contributed by atoms with Crippen molar-refractivity contribution < 1.29 is 19.4 Å². The van der Waals surface area contributed by atoms with Crippen molar-refractivity contribution in [2.24, 2.45) is 5.92 Å². The fraction of sp³-hybridized carbons (Fsp3) is 0.875. The van der Waals surface area contributed by atoms with Gasteiger partial charge in [0, 0.05) is 6.42 Å². The maximum atomic E-state index is 10.1. The lowest BCUT2D eigenvalue weighted by molar-refractivity contribution is -0.151. The Morgan fingerprint density at radius 3 is 2.83 bits per heavy atom. The first-order valence-corrected chi connectivity index (χ1v) is 4.23. The largest absolute Gasteiger partial charge is 0.508 e. The van der Waals surface area contributed by atoms with Gasteiger partial charge in [-0.3, -0.25) is 0 Å². The van der Waals surface area contributed by atoms with Gasteiger partial charge in [-0.1, -0.05) is 13.3 Å². The van der Waals surface area contributed by atoms with Crippen molar-refractivity contribution >= 4 is 6.16 Å². The molecule has 2 unspecified atom stereocenters. The van der Waals surface area contributed by atoms with Gasteiger partial charge in [-0.25, -0.2) is 4.79 Å². The van der Waals surface area contributed by atoms with Crippen molar-refractivity contribution in [2.75, 3.05) is 6.61 Å². The molecule has 0 aromatic carbocycles. The van der Waals surface area contributed by atoms with Gasteiger partial charge in [0.05, 0.1) is 6.61 Å². The Morgan fingerprint density at radius 1 is 1.67 bits per heavy atom. The Kier molecular flexibility index (Phi) is 3.34. The molecule has 0 bridgehead atoms. The van der Waals surface area contributed by atoms with E-state index in [1.807, 2.05) is 0 Å². The first-order chi connectivity index (χ1) is 5.72. The maximum absolute atomic E-state index is 10.1. The second-order valence-electron chi connectivity index (χ2n) is 3.00. The molecule has 0 amide bonds. The van der Waals surface area contributed by atoms with Gasteiger partial charge in [0.25, 0.3) is 0 Å². The fourth-order valence-corrected chi connectivity index (χ4v) is 1.31. The van der Waals surface area contributed by atoms with Crippen molar-refractivity contribution in [1.82, 2.24) is 0 Å². The maximum Gasteiger partial charge on any atom is 0.508 e. The highest BCUT2D eigenvalue weighted by Gasteiger charge is 2.22. The molecule has 70 valence electrons. The Morgan fingerprint density at radius 2 is 2.42 bits per heavy atom. The minimum absolute atomic E-state index is 0.537. The molecular weight excluding hydrogens is 160 g/mol. The zero-order valence-corrected chi connectivity index (χ0v) is 7.16. The molecule has 0 saturated carbocycles. The summed E-state index contributed by atoms with van der Waals surface area (Å²) in [6.45, 7) is 2.72. The summed E-state index contributed by atoms with van der Waals surface area (Å²) in [7, 11) is 0. The molecule has 1 rings (SSSR count). The predicted octanol–water partition coefficient (Wildman–Crippen LogP) is 1.84. The summed E-state index contributed by atoms with van der Waals surface area (Å²) in [5, 5.41) is 8.29. The average Bonchev–Trinajstić information content (AvgIpc) is 2.05. The normalized spacial score (nSPS) is 29.8. The number of ether oxygens (including phenoxy) is 2. The lowest BCUT2D eigenvalue weighted by Crippen LogP contribution is -2.29. The first-order valence-electron chi connectivity index (χ1n) is 4.23. The Labute approximate surface area is 71.5 Å². The van der Waals surface area contributed by atoms with Crippen LogP contribution in [0.25, 0.3) is 0 Å². The molecule has 0 aromatic heterocycles. The van der Waals surface area contributed by atoms with E-state index in [0.717, 1.165) is 12.8 Å². The van der Waals surface area contributed by atoms with Crippen molar-refractivity contribution in [2.45, 2.75) is 32.5 Å². The third-order valence-corrected chi connectivity index (χ3v) is 2.14. The van der Waals surface area contributed by atoms with Crippen molar-refractivity contribution in [3.8, 4) is 0 Å².